The molecular formula is C17H23N3O3. The molecule has 1 amide bonds. The van der Waals surface area contributed by atoms with Gasteiger partial charge < -0.3 is 14.4 Å². The van der Waals surface area contributed by atoms with Gasteiger partial charge in [-0.1, -0.05) is 0 Å². The molecule has 6 heteroatoms. The molecule has 3 heterocycles. The van der Waals surface area contributed by atoms with Crippen molar-refractivity contribution in [2.75, 3.05) is 26.3 Å². The Morgan fingerprint density at radius 3 is 3.13 bits per heavy atom. The first-order chi connectivity index (χ1) is 11.2. The summed E-state index contributed by atoms with van der Waals surface area (Å²) in [7, 11) is 0. The highest BCUT2D eigenvalue weighted by Crippen LogP contribution is 2.37. The summed E-state index contributed by atoms with van der Waals surface area (Å²) in [6, 6.07) is 1.72. The van der Waals surface area contributed by atoms with Crippen molar-refractivity contribution in [1.29, 1.82) is 0 Å². The number of nitrogens with zero attached hydrogens (tertiary/aromatic N) is 3. The third-order valence-electron chi connectivity index (χ3n) is 5.10. The van der Waals surface area contributed by atoms with Crippen LogP contribution in [-0.4, -0.2) is 59.0 Å². The van der Waals surface area contributed by atoms with E-state index in [4.69, 9.17) is 9.47 Å². The second kappa shape index (κ2) is 6.17. The third-order valence-corrected chi connectivity index (χ3v) is 5.10. The maximum absolute atomic E-state index is 12.6. The summed E-state index contributed by atoms with van der Waals surface area (Å²) in [6.45, 7) is 2.96. The molecule has 0 N–H and O–H groups in total. The van der Waals surface area contributed by atoms with Gasteiger partial charge in [0.05, 0.1) is 42.8 Å². The van der Waals surface area contributed by atoms with E-state index >= 15 is 0 Å². The first-order valence-electron chi connectivity index (χ1n) is 8.56. The van der Waals surface area contributed by atoms with Gasteiger partial charge >= 0.3 is 0 Å². The molecule has 23 heavy (non-hydrogen) atoms. The number of hydrogen-bond donors (Lipinski definition) is 0. The van der Waals surface area contributed by atoms with Crippen LogP contribution in [0.3, 0.4) is 0 Å². The Hall–Kier alpha value is -1.53. The molecule has 1 spiro atoms. The predicted molar refractivity (Wildman–Crippen MR) is 82.9 cm³/mol. The fraction of sp³-hybridized carbons (Fsp3) is 0.706. The van der Waals surface area contributed by atoms with Crippen molar-refractivity contribution in [2.24, 2.45) is 5.92 Å². The lowest BCUT2D eigenvalue weighted by Crippen LogP contribution is -2.50. The molecule has 2 saturated heterocycles. The predicted octanol–water partition coefficient (Wildman–Crippen LogP) is 1.67. The summed E-state index contributed by atoms with van der Waals surface area (Å²) in [5.74, 6) is 0.792. The number of amides is 1. The Kier molecular flexibility index (Phi) is 4.03. The molecule has 1 aromatic heterocycles. The highest BCUT2D eigenvalue weighted by Gasteiger charge is 2.45. The van der Waals surface area contributed by atoms with Gasteiger partial charge in [0.2, 0.25) is 0 Å². The van der Waals surface area contributed by atoms with E-state index in [1.807, 2.05) is 4.90 Å². The van der Waals surface area contributed by atoms with Gasteiger partial charge in [0.1, 0.15) is 0 Å². The Labute approximate surface area is 136 Å². The standard InChI is InChI=1S/C17H23N3O3/c21-16(14-4-6-18-19-9-14)20-7-1-5-17(12-20)8-15(11-23-17)22-10-13-2-3-13/h4,6,9,13,15H,1-3,5,7-8,10-12H2/t15-,17-/m0/s1. The van der Waals surface area contributed by atoms with Crippen molar-refractivity contribution >= 4 is 5.91 Å². The van der Waals surface area contributed by atoms with Crippen molar-refractivity contribution in [3.8, 4) is 0 Å². The summed E-state index contributed by atoms with van der Waals surface area (Å²) in [4.78, 5) is 14.5. The maximum atomic E-state index is 12.6. The number of carbonyl (C=O) groups is 1. The molecule has 2 atom stereocenters. The Balaban J connectivity index is 1.37. The molecule has 4 rings (SSSR count). The summed E-state index contributed by atoms with van der Waals surface area (Å²) in [5, 5.41) is 7.53. The van der Waals surface area contributed by atoms with E-state index in [1.165, 1.54) is 19.0 Å². The van der Waals surface area contributed by atoms with Crippen LogP contribution >= 0.6 is 0 Å². The molecule has 6 nitrogen and oxygen atoms in total. The van der Waals surface area contributed by atoms with Crippen molar-refractivity contribution in [3.63, 3.8) is 0 Å². The molecule has 124 valence electrons. The van der Waals surface area contributed by atoms with E-state index in [9.17, 15) is 4.79 Å². The van der Waals surface area contributed by atoms with Crippen molar-refractivity contribution in [1.82, 2.24) is 15.1 Å². The maximum Gasteiger partial charge on any atom is 0.255 e. The average molecular weight is 317 g/mol. The monoisotopic (exact) mass is 317 g/mol. The molecule has 1 aliphatic carbocycles. The van der Waals surface area contributed by atoms with Crippen LogP contribution in [0.5, 0.6) is 0 Å². The summed E-state index contributed by atoms with van der Waals surface area (Å²) >= 11 is 0. The molecule has 0 bridgehead atoms. The smallest absolute Gasteiger partial charge is 0.255 e. The molecule has 1 aromatic rings. The van der Waals surface area contributed by atoms with Crippen LogP contribution in [0.1, 0.15) is 42.5 Å². The fourth-order valence-electron chi connectivity index (χ4n) is 3.62. The summed E-state index contributed by atoms with van der Waals surface area (Å²) in [5.41, 5.74) is 0.374. The second-order valence-electron chi connectivity index (χ2n) is 7.06. The number of aromatic nitrogens is 2. The zero-order chi connectivity index (χ0) is 15.7. The lowest BCUT2D eigenvalue weighted by Gasteiger charge is -2.39. The molecule has 0 radical (unpaired) electrons. The lowest BCUT2D eigenvalue weighted by molar-refractivity contribution is -0.0465. The number of ether oxygens (including phenoxy) is 2. The number of carbonyl (C=O) groups excluding carboxylic acids is 1. The number of rotatable bonds is 4. The van der Waals surface area contributed by atoms with Gasteiger partial charge in [-0.2, -0.15) is 10.2 Å². The van der Waals surface area contributed by atoms with Gasteiger partial charge in [-0.25, -0.2) is 0 Å². The first kappa shape index (κ1) is 15.0. The molecule has 1 saturated carbocycles. The number of likely N-dealkylation sites (tertiary alicyclic amines) is 1. The molecule has 0 unspecified atom stereocenters. The first-order valence-corrected chi connectivity index (χ1v) is 8.56. The fourth-order valence-corrected chi connectivity index (χ4v) is 3.62. The highest BCUT2D eigenvalue weighted by atomic mass is 16.6. The Morgan fingerprint density at radius 2 is 2.35 bits per heavy atom. The van der Waals surface area contributed by atoms with Gasteiger partial charge in [-0.3, -0.25) is 4.79 Å². The minimum atomic E-state index is -0.220. The Morgan fingerprint density at radius 1 is 1.43 bits per heavy atom. The van der Waals surface area contributed by atoms with Gasteiger partial charge in [-0.15, -0.1) is 0 Å². The molecule has 3 fully saturated rings. The number of hydrogen-bond acceptors (Lipinski definition) is 5. The van der Waals surface area contributed by atoms with Crippen LogP contribution in [-0.2, 0) is 9.47 Å². The quantitative estimate of drug-likeness (QED) is 0.845. The minimum absolute atomic E-state index is 0.0184. The Bertz CT molecular complexity index is 563. The summed E-state index contributed by atoms with van der Waals surface area (Å²) < 4.78 is 12.1. The van der Waals surface area contributed by atoms with Gasteiger partial charge in [-0.05, 0) is 37.7 Å². The van der Waals surface area contributed by atoms with Crippen LogP contribution in [0.25, 0.3) is 0 Å². The minimum Gasteiger partial charge on any atom is -0.375 e. The number of piperidine rings is 1. The largest absolute Gasteiger partial charge is 0.375 e. The lowest BCUT2D eigenvalue weighted by atomic mass is 9.89. The summed E-state index contributed by atoms with van der Waals surface area (Å²) in [6.07, 6.45) is 8.77. The zero-order valence-electron chi connectivity index (χ0n) is 13.3. The van der Waals surface area contributed by atoms with Crippen LogP contribution in [0.4, 0.5) is 0 Å². The van der Waals surface area contributed by atoms with E-state index in [2.05, 4.69) is 10.2 Å². The van der Waals surface area contributed by atoms with E-state index < -0.39 is 0 Å². The van der Waals surface area contributed by atoms with Crippen LogP contribution < -0.4 is 0 Å². The molecule has 0 aromatic carbocycles. The van der Waals surface area contributed by atoms with Crippen molar-refractivity contribution in [2.45, 2.75) is 43.8 Å². The van der Waals surface area contributed by atoms with E-state index in [0.29, 0.717) is 18.7 Å². The molecule has 3 aliphatic rings. The highest BCUT2D eigenvalue weighted by molar-refractivity contribution is 5.93. The van der Waals surface area contributed by atoms with Crippen LogP contribution in [0.15, 0.2) is 18.5 Å². The molecular weight excluding hydrogens is 294 g/mol. The second-order valence-corrected chi connectivity index (χ2v) is 7.06. The normalized spacial score (nSPS) is 30.8. The SMILES string of the molecule is O=C(c1ccnnc1)N1CCC[C@]2(C[C@H](OCC3CC3)CO2)C1. The van der Waals surface area contributed by atoms with Crippen molar-refractivity contribution in [3.05, 3.63) is 24.0 Å². The third kappa shape index (κ3) is 3.38. The van der Waals surface area contributed by atoms with Gasteiger partial charge in [0, 0.05) is 19.6 Å². The average Bonchev–Trinajstić information content (AvgIpc) is 3.35. The van der Waals surface area contributed by atoms with E-state index in [0.717, 1.165) is 38.3 Å². The van der Waals surface area contributed by atoms with Crippen LogP contribution in [0.2, 0.25) is 0 Å². The molecule has 2 aliphatic heterocycles. The zero-order valence-corrected chi connectivity index (χ0v) is 13.3. The van der Waals surface area contributed by atoms with E-state index in [1.54, 1.807) is 12.3 Å². The van der Waals surface area contributed by atoms with E-state index in [-0.39, 0.29) is 17.6 Å². The van der Waals surface area contributed by atoms with Gasteiger partial charge in [0.15, 0.2) is 0 Å². The van der Waals surface area contributed by atoms with Crippen LogP contribution in [0, 0.1) is 5.92 Å². The topological polar surface area (TPSA) is 64.6 Å². The van der Waals surface area contributed by atoms with Gasteiger partial charge in [0.25, 0.3) is 5.91 Å². The van der Waals surface area contributed by atoms with Crippen molar-refractivity contribution < 1.29 is 14.3 Å².